The van der Waals surface area contributed by atoms with Gasteiger partial charge < -0.3 is 15.4 Å². The van der Waals surface area contributed by atoms with E-state index in [-0.39, 0.29) is 18.4 Å². The van der Waals surface area contributed by atoms with Gasteiger partial charge in [0.25, 0.3) is 0 Å². The molecule has 5 heteroatoms. The van der Waals surface area contributed by atoms with Gasteiger partial charge in [0.15, 0.2) is 0 Å². The molecule has 0 heterocycles. The van der Waals surface area contributed by atoms with Crippen LogP contribution in [0.2, 0.25) is 0 Å². The molecule has 2 N–H and O–H groups in total. The molecule has 0 bridgehead atoms. The van der Waals surface area contributed by atoms with E-state index in [0.29, 0.717) is 6.61 Å². The van der Waals surface area contributed by atoms with Crippen LogP contribution in [-0.4, -0.2) is 25.0 Å². The highest BCUT2D eigenvalue weighted by atomic mass is 16.5. The lowest BCUT2D eigenvalue weighted by molar-refractivity contribution is -0.141. The van der Waals surface area contributed by atoms with E-state index < -0.39 is 0 Å². The van der Waals surface area contributed by atoms with E-state index in [0.717, 1.165) is 24.2 Å². The Morgan fingerprint density at radius 3 is 2.37 bits per heavy atom. The molecule has 0 aliphatic carbocycles. The minimum atomic E-state index is -0.264. The molecule has 0 unspecified atom stereocenters. The number of amides is 1. The van der Waals surface area contributed by atoms with Crippen molar-refractivity contribution in [1.29, 1.82) is 0 Å². The number of hydrogen-bond donors (Lipinski definition) is 2. The van der Waals surface area contributed by atoms with Gasteiger partial charge in [-0.2, -0.15) is 0 Å². The van der Waals surface area contributed by atoms with Crippen molar-refractivity contribution in [3.63, 3.8) is 0 Å². The summed E-state index contributed by atoms with van der Waals surface area (Å²) >= 11 is 0. The monoisotopic (exact) mass is 264 g/mol. The Morgan fingerprint density at radius 1 is 1.16 bits per heavy atom. The van der Waals surface area contributed by atoms with Crippen molar-refractivity contribution in [3.05, 3.63) is 24.3 Å². The molecule has 1 amide bonds. The van der Waals surface area contributed by atoms with Crippen molar-refractivity contribution in [2.24, 2.45) is 0 Å². The molecule has 0 radical (unpaired) electrons. The molecular weight excluding hydrogens is 244 g/mol. The average Bonchev–Trinajstić information content (AvgIpc) is 2.37. The molecule has 104 valence electrons. The summed E-state index contributed by atoms with van der Waals surface area (Å²) in [5.41, 5.74) is 1.53. The average molecular weight is 264 g/mol. The van der Waals surface area contributed by atoms with Crippen LogP contribution in [-0.2, 0) is 14.3 Å². The second-order valence-electron chi connectivity index (χ2n) is 4.19. The van der Waals surface area contributed by atoms with Crippen LogP contribution < -0.4 is 10.6 Å². The van der Waals surface area contributed by atoms with Crippen LogP contribution in [0.4, 0.5) is 11.4 Å². The van der Waals surface area contributed by atoms with Crippen molar-refractivity contribution in [2.45, 2.75) is 26.7 Å². The highest BCUT2D eigenvalue weighted by Crippen LogP contribution is 2.13. The maximum atomic E-state index is 11.4. The van der Waals surface area contributed by atoms with E-state index >= 15 is 0 Å². The van der Waals surface area contributed by atoms with Crippen LogP contribution in [0, 0.1) is 0 Å². The first kappa shape index (κ1) is 15.0. The maximum absolute atomic E-state index is 11.4. The third-order valence-corrected chi connectivity index (χ3v) is 2.40. The SMILES string of the molecule is CCCCOC(=O)CNc1ccc(NC(C)=O)cc1. The maximum Gasteiger partial charge on any atom is 0.325 e. The molecule has 19 heavy (non-hydrogen) atoms. The summed E-state index contributed by atoms with van der Waals surface area (Å²) in [5.74, 6) is -0.375. The molecule has 0 atom stereocenters. The predicted molar refractivity (Wildman–Crippen MR) is 75.1 cm³/mol. The Balaban J connectivity index is 2.33. The van der Waals surface area contributed by atoms with E-state index in [9.17, 15) is 9.59 Å². The number of rotatable bonds is 7. The summed E-state index contributed by atoms with van der Waals surface area (Å²) < 4.78 is 5.02. The molecular formula is C14H20N2O3. The number of unbranched alkanes of at least 4 members (excludes halogenated alkanes) is 1. The standard InChI is InChI=1S/C14H20N2O3/c1-3-4-9-19-14(18)10-15-12-5-7-13(8-6-12)16-11(2)17/h5-8,15H,3-4,9-10H2,1-2H3,(H,16,17). The number of nitrogens with one attached hydrogen (secondary N) is 2. The lowest BCUT2D eigenvalue weighted by Gasteiger charge is -2.08. The highest BCUT2D eigenvalue weighted by molar-refractivity contribution is 5.88. The molecule has 0 aromatic heterocycles. The smallest absolute Gasteiger partial charge is 0.325 e. The molecule has 0 aliphatic rings. The zero-order chi connectivity index (χ0) is 14.1. The topological polar surface area (TPSA) is 67.4 Å². The minimum absolute atomic E-state index is 0.111. The lowest BCUT2D eigenvalue weighted by atomic mass is 10.3. The number of carbonyl (C=O) groups is 2. The number of esters is 1. The Labute approximate surface area is 113 Å². The van der Waals surface area contributed by atoms with Crippen LogP contribution in [0.1, 0.15) is 26.7 Å². The molecule has 5 nitrogen and oxygen atoms in total. The highest BCUT2D eigenvalue weighted by Gasteiger charge is 2.02. The zero-order valence-corrected chi connectivity index (χ0v) is 11.4. The normalized spacial score (nSPS) is 9.79. The van der Waals surface area contributed by atoms with Gasteiger partial charge in [0, 0.05) is 18.3 Å². The Bertz CT molecular complexity index is 415. The second kappa shape index (κ2) is 8.13. The third-order valence-electron chi connectivity index (χ3n) is 2.40. The van der Waals surface area contributed by atoms with Gasteiger partial charge in [-0.25, -0.2) is 0 Å². The first-order chi connectivity index (χ1) is 9.11. The first-order valence-electron chi connectivity index (χ1n) is 6.39. The quantitative estimate of drug-likeness (QED) is 0.586. The van der Waals surface area contributed by atoms with Gasteiger partial charge in [0.1, 0.15) is 6.54 Å². The van der Waals surface area contributed by atoms with Crippen LogP contribution in [0.5, 0.6) is 0 Å². The third kappa shape index (κ3) is 6.45. The lowest BCUT2D eigenvalue weighted by Crippen LogP contribution is -2.17. The van der Waals surface area contributed by atoms with Crippen molar-refractivity contribution in [2.75, 3.05) is 23.8 Å². The molecule has 0 saturated carbocycles. The Kier molecular flexibility index (Phi) is 6.43. The van der Waals surface area contributed by atoms with Crippen molar-refractivity contribution in [1.82, 2.24) is 0 Å². The number of ether oxygens (including phenoxy) is 1. The van der Waals surface area contributed by atoms with E-state index in [1.807, 2.05) is 6.92 Å². The molecule has 0 saturated heterocycles. The Morgan fingerprint density at radius 2 is 1.79 bits per heavy atom. The Hall–Kier alpha value is -2.04. The fourth-order valence-electron chi connectivity index (χ4n) is 1.43. The summed E-state index contributed by atoms with van der Waals surface area (Å²) in [6.07, 6.45) is 1.89. The van der Waals surface area contributed by atoms with Gasteiger partial charge in [0.2, 0.25) is 5.91 Å². The van der Waals surface area contributed by atoms with Crippen molar-refractivity contribution < 1.29 is 14.3 Å². The predicted octanol–water partition coefficient (Wildman–Crippen LogP) is 2.40. The number of carbonyl (C=O) groups excluding carboxylic acids is 2. The molecule has 0 spiro atoms. The number of hydrogen-bond acceptors (Lipinski definition) is 4. The van der Waals surface area contributed by atoms with Crippen molar-refractivity contribution >= 4 is 23.3 Å². The second-order valence-corrected chi connectivity index (χ2v) is 4.19. The summed E-state index contributed by atoms with van der Waals surface area (Å²) in [6, 6.07) is 7.13. The van der Waals surface area contributed by atoms with Crippen LogP contribution >= 0.6 is 0 Å². The largest absolute Gasteiger partial charge is 0.464 e. The van der Waals surface area contributed by atoms with Gasteiger partial charge >= 0.3 is 5.97 Å². The first-order valence-corrected chi connectivity index (χ1v) is 6.39. The van der Waals surface area contributed by atoms with Crippen LogP contribution in [0.25, 0.3) is 0 Å². The van der Waals surface area contributed by atoms with E-state index in [4.69, 9.17) is 4.74 Å². The summed E-state index contributed by atoms with van der Waals surface area (Å²) in [4.78, 5) is 22.2. The molecule has 1 aromatic rings. The van der Waals surface area contributed by atoms with Gasteiger partial charge in [-0.15, -0.1) is 0 Å². The number of anilines is 2. The zero-order valence-electron chi connectivity index (χ0n) is 11.4. The molecule has 0 aliphatic heterocycles. The summed E-state index contributed by atoms with van der Waals surface area (Å²) in [6.45, 7) is 4.11. The van der Waals surface area contributed by atoms with Gasteiger partial charge in [0.05, 0.1) is 6.61 Å². The minimum Gasteiger partial charge on any atom is -0.464 e. The summed E-state index contributed by atoms with van der Waals surface area (Å²) in [7, 11) is 0. The van der Waals surface area contributed by atoms with Gasteiger partial charge in [-0.1, -0.05) is 13.3 Å². The van der Waals surface area contributed by atoms with Gasteiger partial charge in [-0.05, 0) is 30.7 Å². The molecule has 0 fully saturated rings. The van der Waals surface area contributed by atoms with Crippen LogP contribution in [0.3, 0.4) is 0 Å². The van der Waals surface area contributed by atoms with Crippen LogP contribution in [0.15, 0.2) is 24.3 Å². The fraction of sp³-hybridized carbons (Fsp3) is 0.429. The van der Waals surface area contributed by atoms with E-state index in [1.165, 1.54) is 6.92 Å². The van der Waals surface area contributed by atoms with E-state index in [1.54, 1.807) is 24.3 Å². The van der Waals surface area contributed by atoms with Gasteiger partial charge in [-0.3, -0.25) is 9.59 Å². The number of benzene rings is 1. The summed E-state index contributed by atoms with van der Waals surface area (Å²) in [5, 5.41) is 5.64. The van der Waals surface area contributed by atoms with E-state index in [2.05, 4.69) is 10.6 Å². The fourth-order valence-corrected chi connectivity index (χ4v) is 1.43. The molecule has 1 aromatic carbocycles. The van der Waals surface area contributed by atoms with Crippen molar-refractivity contribution in [3.8, 4) is 0 Å². The molecule has 1 rings (SSSR count).